The molecule has 1 amide bonds. The van der Waals surface area contributed by atoms with E-state index >= 15 is 0 Å². The lowest BCUT2D eigenvalue weighted by atomic mass is 9.86. The number of aromatic nitrogens is 2. The molecule has 0 spiro atoms. The quantitative estimate of drug-likeness (QED) is 0.349. The summed E-state index contributed by atoms with van der Waals surface area (Å²) in [5.74, 6) is 2.02. The fourth-order valence-corrected chi connectivity index (χ4v) is 5.23. The van der Waals surface area contributed by atoms with Crippen LogP contribution in [0.15, 0.2) is 87.0 Å². The second-order valence-corrected chi connectivity index (χ2v) is 8.88. The van der Waals surface area contributed by atoms with E-state index < -0.39 is 6.04 Å². The van der Waals surface area contributed by atoms with E-state index in [1.54, 1.807) is 28.9 Å². The van der Waals surface area contributed by atoms with Crippen molar-refractivity contribution in [3.05, 3.63) is 95.1 Å². The van der Waals surface area contributed by atoms with Gasteiger partial charge in [-0.3, -0.25) is 14.6 Å². The number of hydrogen-bond acceptors (Lipinski definition) is 6. The highest BCUT2D eigenvalue weighted by molar-refractivity contribution is 7.80. The van der Waals surface area contributed by atoms with Gasteiger partial charge >= 0.3 is 0 Å². The number of benzene rings is 2. The molecule has 6 rings (SSSR count). The van der Waals surface area contributed by atoms with E-state index in [1.807, 2.05) is 73.3 Å². The molecule has 0 radical (unpaired) electrons. The maximum Gasteiger partial charge on any atom is 0.264 e. The van der Waals surface area contributed by atoms with Crippen LogP contribution in [0, 0.1) is 13.8 Å². The molecule has 4 aromatic rings. The number of nitrogens with zero attached hydrogens (tertiary/aromatic N) is 5. The van der Waals surface area contributed by atoms with Gasteiger partial charge in [0.15, 0.2) is 16.7 Å². The smallest absolute Gasteiger partial charge is 0.264 e. The number of anilines is 4. The molecular formula is C26H21N5O3S. The van der Waals surface area contributed by atoms with Crippen LogP contribution in [0.25, 0.3) is 0 Å². The number of allylic oxidation sites excluding steroid dienone is 1. The molecule has 0 fully saturated rings. The van der Waals surface area contributed by atoms with Crippen molar-refractivity contribution in [3.8, 4) is 0 Å². The van der Waals surface area contributed by atoms with E-state index in [9.17, 15) is 4.79 Å². The highest BCUT2D eigenvalue weighted by Crippen LogP contribution is 2.49. The molecule has 0 saturated carbocycles. The average molecular weight is 484 g/mol. The zero-order valence-electron chi connectivity index (χ0n) is 19.3. The van der Waals surface area contributed by atoms with Crippen molar-refractivity contribution in [2.75, 3.05) is 14.7 Å². The third-order valence-electron chi connectivity index (χ3n) is 6.28. The van der Waals surface area contributed by atoms with Gasteiger partial charge in [-0.1, -0.05) is 46.7 Å². The summed E-state index contributed by atoms with van der Waals surface area (Å²) < 4.78 is 10.7. The Morgan fingerprint density at radius 3 is 2.06 bits per heavy atom. The predicted molar refractivity (Wildman–Crippen MR) is 136 cm³/mol. The van der Waals surface area contributed by atoms with Crippen LogP contribution < -0.4 is 14.7 Å². The Morgan fingerprint density at radius 2 is 1.43 bits per heavy atom. The lowest BCUT2D eigenvalue weighted by molar-refractivity contribution is -0.115. The Balaban J connectivity index is 1.65. The van der Waals surface area contributed by atoms with Crippen molar-refractivity contribution in [1.29, 1.82) is 0 Å². The zero-order valence-corrected chi connectivity index (χ0v) is 20.1. The molecule has 1 unspecified atom stereocenters. The minimum Gasteiger partial charge on any atom is -0.360 e. The molecule has 9 heteroatoms. The number of hydrogen-bond donors (Lipinski definition) is 0. The third-order valence-corrected chi connectivity index (χ3v) is 6.66. The predicted octanol–water partition coefficient (Wildman–Crippen LogP) is 5.58. The van der Waals surface area contributed by atoms with Gasteiger partial charge in [0, 0.05) is 29.1 Å². The molecule has 0 aliphatic carbocycles. The molecule has 0 bridgehead atoms. The number of carbonyl (C=O) groups excluding carboxylic acids is 1. The van der Waals surface area contributed by atoms with Crippen LogP contribution in [0.3, 0.4) is 0 Å². The van der Waals surface area contributed by atoms with Gasteiger partial charge in [-0.25, -0.2) is 0 Å². The molecule has 35 heavy (non-hydrogen) atoms. The first-order chi connectivity index (χ1) is 17.0. The van der Waals surface area contributed by atoms with E-state index in [1.165, 1.54) is 0 Å². The second kappa shape index (κ2) is 7.92. The van der Waals surface area contributed by atoms with Gasteiger partial charge in [0.05, 0.1) is 17.3 Å². The summed E-state index contributed by atoms with van der Waals surface area (Å²) in [5, 5.41) is 8.86. The number of para-hydroxylation sites is 2. The van der Waals surface area contributed by atoms with Crippen LogP contribution in [-0.2, 0) is 4.79 Å². The number of thiocarbonyl (C=S) groups is 1. The molecule has 174 valence electrons. The first kappa shape index (κ1) is 21.3. The van der Waals surface area contributed by atoms with E-state index in [2.05, 4.69) is 10.3 Å². The Kier molecular flexibility index (Phi) is 4.82. The number of amides is 1. The van der Waals surface area contributed by atoms with E-state index in [0.29, 0.717) is 39.5 Å². The van der Waals surface area contributed by atoms with E-state index in [-0.39, 0.29) is 5.91 Å². The molecule has 0 saturated heterocycles. The summed E-state index contributed by atoms with van der Waals surface area (Å²) in [6, 6.07) is 20.8. The van der Waals surface area contributed by atoms with Gasteiger partial charge in [0.2, 0.25) is 0 Å². The van der Waals surface area contributed by atoms with Crippen LogP contribution in [0.5, 0.6) is 0 Å². The van der Waals surface area contributed by atoms with Crippen LogP contribution in [0.1, 0.15) is 30.0 Å². The van der Waals surface area contributed by atoms with Crippen molar-refractivity contribution in [2.45, 2.75) is 26.8 Å². The summed E-state index contributed by atoms with van der Waals surface area (Å²) in [4.78, 5) is 19.7. The second-order valence-electron chi connectivity index (χ2n) is 8.52. The maximum atomic E-state index is 14.3. The number of rotatable bonds is 3. The molecule has 2 aliphatic rings. The van der Waals surface area contributed by atoms with Crippen molar-refractivity contribution in [1.82, 2.24) is 10.3 Å². The molecule has 2 aromatic carbocycles. The highest BCUT2D eigenvalue weighted by atomic mass is 32.1. The highest BCUT2D eigenvalue weighted by Gasteiger charge is 2.48. The van der Waals surface area contributed by atoms with Crippen molar-refractivity contribution >= 4 is 46.2 Å². The summed E-state index contributed by atoms with van der Waals surface area (Å²) in [6.07, 6.45) is 0. The largest absolute Gasteiger partial charge is 0.360 e. The molecule has 0 N–H and O–H groups in total. The van der Waals surface area contributed by atoms with Gasteiger partial charge < -0.3 is 13.9 Å². The van der Waals surface area contributed by atoms with Gasteiger partial charge in [-0.2, -0.15) is 0 Å². The Morgan fingerprint density at radius 1 is 0.829 bits per heavy atom. The molecule has 8 nitrogen and oxygen atoms in total. The number of aryl methyl sites for hydroxylation is 2. The van der Waals surface area contributed by atoms with Crippen LogP contribution in [0.4, 0.5) is 23.0 Å². The van der Waals surface area contributed by atoms with E-state index in [4.69, 9.17) is 21.3 Å². The minimum atomic E-state index is -0.429. The first-order valence-electron chi connectivity index (χ1n) is 11.1. The van der Waals surface area contributed by atoms with Crippen molar-refractivity contribution in [3.63, 3.8) is 0 Å². The lowest BCUT2D eigenvalue weighted by Gasteiger charge is -2.48. The Bertz CT molecular complexity index is 1510. The standard InChI is InChI=1S/C26H21N5O3S/c1-15-13-21(27-33-15)29-17(3)23-24(30(26(29)35)18-9-5-4-6-10-18)19-11-7-8-12-20(19)31(25(23)32)22-14-16(2)34-28-22/h4-14,24H,1-3H3. The lowest BCUT2D eigenvalue weighted by Crippen LogP contribution is -2.54. The van der Waals surface area contributed by atoms with Crippen LogP contribution in [-0.4, -0.2) is 21.3 Å². The Hall–Kier alpha value is -4.24. The van der Waals surface area contributed by atoms with Crippen molar-refractivity contribution < 1.29 is 13.8 Å². The van der Waals surface area contributed by atoms with E-state index in [0.717, 1.165) is 16.9 Å². The average Bonchev–Trinajstić information content (AvgIpc) is 3.47. The topological polar surface area (TPSA) is 78.9 Å². The SMILES string of the molecule is CC1=C2C(=O)N(c3cc(C)on3)c3ccccc3C2N(c2ccccc2)C(=S)N1c1cc(C)on1. The number of carbonyl (C=O) groups is 1. The van der Waals surface area contributed by atoms with Crippen LogP contribution in [0.2, 0.25) is 0 Å². The minimum absolute atomic E-state index is 0.201. The monoisotopic (exact) mass is 483 g/mol. The van der Waals surface area contributed by atoms with Gasteiger partial charge in [-0.15, -0.1) is 0 Å². The molecule has 2 aromatic heterocycles. The summed E-state index contributed by atoms with van der Waals surface area (Å²) in [5.41, 5.74) is 3.80. The zero-order chi connectivity index (χ0) is 24.3. The third kappa shape index (κ3) is 3.19. The molecule has 4 heterocycles. The molecular weight excluding hydrogens is 462 g/mol. The van der Waals surface area contributed by atoms with Crippen molar-refractivity contribution in [2.24, 2.45) is 0 Å². The van der Waals surface area contributed by atoms with Gasteiger partial charge in [0.25, 0.3) is 5.91 Å². The summed E-state index contributed by atoms with van der Waals surface area (Å²) >= 11 is 6.04. The Labute approximate surface area is 207 Å². The first-order valence-corrected chi connectivity index (χ1v) is 11.6. The van der Waals surface area contributed by atoms with Gasteiger partial charge in [-0.05, 0) is 51.2 Å². The fourth-order valence-electron chi connectivity index (χ4n) is 4.79. The molecule has 2 aliphatic heterocycles. The van der Waals surface area contributed by atoms with Gasteiger partial charge in [0.1, 0.15) is 11.5 Å². The normalized spacial score (nSPS) is 17.7. The maximum absolute atomic E-state index is 14.3. The fraction of sp³-hybridized carbons (Fsp3) is 0.154. The summed E-state index contributed by atoms with van der Waals surface area (Å²) in [7, 11) is 0. The molecule has 1 atom stereocenters. The van der Waals surface area contributed by atoms with Crippen LogP contribution >= 0.6 is 12.2 Å². The number of fused-ring (bicyclic) bond motifs is 3. The summed E-state index contributed by atoms with van der Waals surface area (Å²) in [6.45, 7) is 5.51.